The van der Waals surface area contributed by atoms with Gasteiger partial charge in [0.2, 0.25) is 5.88 Å². The van der Waals surface area contributed by atoms with Gasteiger partial charge in [-0.3, -0.25) is 4.79 Å². The van der Waals surface area contributed by atoms with Crippen LogP contribution in [0, 0.1) is 0 Å². The number of aryl methyl sites for hydroxylation is 2. The molecule has 4 nitrogen and oxygen atoms in total. The number of carbonyl (C=O) groups is 1. The van der Waals surface area contributed by atoms with Crippen LogP contribution in [0.25, 0.3) is 22.3 Å². The molecule has 1 aromatic carbocycles. The molecule has 0 amide bonds. The van der Waals surface area contributed by atoms with E-state index in [1.165, 1.54) is 5.56 Å². The van der Waals surface area contributed by atoms with Crippen molar-refractivity contribution < 1.29 is 9.53 Å². The van der Waals surface area contributed by atoms with Crippen molar-refractivity contribution >= 4 is 17.3 Å². The lowest BCUT2D eigenvalue weighted by Crippen LogP contribution is -1.98. The van der Waals surface area contributed by atoms with E-state index in [0.717, 1.165) is 48.0 Å². The SMILES string of the molecule is COc1ccc2c(n1)c(C=O)c1n2CCCc2ccccc2-1. The normalized spacial score (nSPS) is 13.3. The van der Waals surface area contributed by atoms with Crippen molar-refractivity contribution in [3.8, 4) is 17.1 Å². The van der Waals surface area contributed by atoms with E-state index in [1.807, 2.05) is 18.2 Å². The number of hydrogen-bond donors (Lipinski definition) is 0. The maximum absolute atomic E-state index is 11.8. The van der Waals surface area contributed by atoms with Crippen LogP contribution in [0.5, 0.6) is 5.88 Å². The third kappa shape index (κ3) is 1.77. The van der Waals surface area contributed by atoms with Crippen molar-refractivity contribution in [3.63, 3.8) is 0 Å². The van der Waals surface area contributed by atoms with Gasteiger partial charge in [0.25, 0.3) is 0 Å². The van der Waals surface area contributed by atoms with Crippen molar-refractivity contribution in [2.24, 2.45) is 0 Å². The highest BCUT2D eigenvalue weighted by Gasteiger charge is 2.23. The number of aldehydes is 1. The summed E-state index contributed by atoms with van der Waals surface area (Å²) >= 11 is 0. The molecule has 0 bridgehead atoms. The van der Waals surface area contributed by atoms with Crippen LogP contribution >= 0.6 is 0 Å². The smallest absolute Gasteiger partial charge is 0.213 e. The zero-order valence-corrected chi connectivity index (χ0v) is 12.4. The molecule has 22 heavy (non-hydrogen) atoms. The first kappa shape index (κ1) is 13.1. The molecule has 1 aliphatic rings. The monoisotopic (exact) mass is 292 g/mol. The third-order valence-corrected chi connectivity index (χ3v) is 4.35. The van der Waals surface area contributed by atoms with Gasteiger partial charge in [0.1, 0.15) is 5.52 Å². The summed E-state index contributed by atoms with van der Waals surface area (Å²) in [4.78, 5) is 16.3. The van der Waals surface area contributed by atoms with Gasteiger partial charge in [-0.05, 0) is 24.5 Å². The van der Waals surface area contributed by atoms with Crippen molar-refractivity contribution in [3.05, 3.63) is 47.5 Å². The van der Waals surface area contributed by atoms with Crippen LogP contribution in [0.15, 0.2) is 36.4 Å². The molecule has 4 rings (SSSR count). The number of nitrogens with zero attached hydrogens (tertiary/aromatic N) is 2. The summed E-state index contributed by atoms with van der Waals surface area (Å²) in [5.74, 6) is 0.532. The van der Waals surface area contributed by atoms with Gasteiger partial charge in [-0.25, -0.2) is 4.98 Å². The second-order valence-electron chi connectivity index (χ2n) is 5.51. The van der Waals surface area contributed by atoms with Crippen LogP contribution in [0.2, 0.25) is 0 Å². The zero-order valence-electron chi connectivity index (χ0n) is 12.4. The van der Waals surface area contributed by atoms with Crippen LogP contribution in [-0.4, -0.2) is 22.9 Å². The second kappa shape index (κ2) is 4.98. The Morgan fingerprint density at radius 3 is 2.91 bits per heavy atom. The van der Waals surface area contributed by atoms with E-state index < -0.39 is 0 Å². The molecule has 0 atom stereocenters. The summed E-state index contributed by atoms with van der Waals surface area (Å²) in [6.07, 6.45) is 3.00. The van der Waals surface area contributed by atoms with E-state index in [4.69, 9.17) is 4.74 Å². The number of benzene rings is 1. The highest BCUT2D eigenvalue weighted by molar-refractivity contribution is 6.03. The van der Waals surface area contributed by atoms with Gasteiger partial charge in [-0.15, -0.1) is 0 Å². The Morgan fingerprint density at radius 2 is 2.09 bits per heavy atom. The number of hydrogen-bond acceptors (Lipinski definition) is 3. The summed E-state index contributed by atoms with van der Waals surface area (Å²) in [5.41, 5.74) is 5.79. The topological polar surface area (TPSA) is 44.1 Å². The molecule has 1 aliphatic heterocycles. The molecule has 0 saturated carbocycles. The zero-order chi connectivity index (χ0) is 15.1. The number of ether oxygens (including phenoxy) is 1. The number of fused-ring (bicyclic) bond motifs is 5. The molecule has 0 N–H and O–H groups in total. The minimum absolute atomic E-state index is 0.532. The maximum atomic E-state index is 11.8. The summed E-state index contributed by atoms with van der Waals surface area (Å²) in [6, 6.07) is 12.2. The van der Waals surface area contributed by atoms with Crippen LogP contribution in [-0.2, 0) is 13.0 Å². The molecule has 0 radical (unpaired) electrons. The molecule has 0 spiro atoms. The highest BCUT2D eigenvalue weighted by atomic mass is 16.5. The Balaban J connectivity index is 2.12. The first-order valence-electron chi connectivity index (χ1n) is 7.44. The summed E-state index contributed by atoms with van der Waals surface area (Å²) in [5, 5.41) is 0. The number of pyridine rings is 1. The second-order valence-corrected chi connectivity index (χ2v) is 5.51. The summed E-state index contributed by atoms with van der Waals surface area (Å²) in [6.45, 7) is 0.891. The van der Waals surface area contributed by atoms with Crippen molar-refractivity contribution in [1.29, 1.82) is 0 Å². The van der Waals surface area contributed by atoms with Crippen LogP contribution in [0.3, 0.4) is 0 Å². The Labute approximate surface area is 128 Å². The minimum atomic E-state index is 0.532. The fourth-order valence-corrected chi connectivity index (χ4v) is 3.37. The van der Waals surface area contributed by atoms with Crippen molar-refractivity contribution in [2.45, 2.75) is 19.4 Å². The number of rotatable bonds is 2. The molecule has 4 heteroatoms. The van der Waals surface area contributed by atoms with Crippen molar-refractivity contribution in [2.75, 3.05) is 7.11 Å². The summed E-state index contributed by atoms with van der Waals surface area (Å²) < 4.78 is 7.43. The van der Waals surface area contributed by atoms with Crippen LogP contribution in [0.1, 0.15) is 22.3 Å². The van der Waals surface area contributed by atoms with E-state index in [2.05, 4.69) is 27.8 Å². The Kier molecular flexibility index (Phi) is 2.96. The lowest BCUT2D eigenvalue weighted by atomic mass is 10.00. The maximum Gasteiger partial charge on any atom is 0.213 e. The first-order valence-corrected chi connectivity index (χ1v) is 7.44. The number of aromatic nitrogens is 2. The standard InChI is InChI=1S/C18H16N2O2/c1-22-16-9-8-15-17(19-16)14(11-21)18-13-7-3-2-5-12(13)6-4-10-20(15)18/h2-3,5,7-9,11H,4,6,10H2,1H3. The van der Waals surface area contributed by atoms with Gasteiger partial charge >= 0.3 is 0 Å². The molecule has 2 aromatic heterocycles. The van der Waals surface area contributed by atoms with Crippen LogP contribution in [0.4, 0.5) is 0 Å². The summed E-state index contributed by atoms with van der Waals surface area (Å²) in [7, 11) is 1.59. The van der Waals surface area contributed by atoms with Gasteiger partial charge in [-0.2, -0.15) is 0 Å². The van der Waals surface area contributed by atoms with Gasteiger partial charge in [-0.1, -0.05) is 24.3 Å². The molecule has 0 fully saturated rings. The number of carbonyl (C=O) groups excluding carboxylic acids is 1. The Hall–Kier alpha value is -2.62. The molecular formula is C18H16N2O2. The molecule has 3 aromatic rings. The van der Waals surface area contributed by atoms with E-state index in [9.17, 15) is 4.79 Å². The molecule has 110 valence electrons. The van der Waals surface area contributed by atoms with Crippen molar-refractivity contribution in [1.82, 2.24) is 9.55 Å². The molecule has 3 heterocycles. The van der Waals surface area contributed by atoms with Gasteiger partial charge < -0.3 is 9.30 Å². The fourth-order valence-electron chi connectivity index (χ4n) is 3.37. The number of methoxy groups -OCH3 is 1. The minimum Gasteiger partial charge on any atom is -0.481 e. The van der Waals surface area contributed by atoms with Gasteiger partial charge in [0.15, 0.2) is 6.29 Å². The Morgan fingerprint density at radius 1 is 1.23 bits per heavy atom. The molecule has 0 aliphatic carbocycles. The lowest BCUT2D eigenvalue weighted by molar-refractivity contribution is 0.112. The molecule has 0 unspecified atom stereocenters. The average Bonchev–Trinajstić information content (AvgIpc) is 2.75. The average molecular weight is 292 g/mol. The third-order valence-electron chi connectivity index (χ3n) is 4.35. The molecule has 0 saturated heterocycles. The van der Waals surface area contributed by atoms with E-state index in [1.54, 1.807) is 7.11 Å². The highest BCUT2D eigenvalue weighted by Crippen LogP contribution is 2.37. The fraction of sp³-hybridized carbons (Fsp3) is 0.222. The van der Waals surface area contributed by atoms with E-state index in [0.29, 0.717) is 11.4 Å². The quantitative estimate of drug-likeness (QED) is 0.679. The van der Waals surface area contributed by atoms with E-state index >= 15 is 0 Å². The van der Waals surface area contributed by atoms with E-state index in [-0.39, 0.29) is 0 Å². The molecular weight excluding hydrogens is 276 g/mol. The van der Waals surface area contributed by atoms with Gasteiger partial charge in [0, 0.05) is 18.2 Å². The Bertz CT molecular complexity index is 880. The van der Waals surface area contributed by atoms with Gasteiger partial charge in [0.05, 0.1) is 23.9 Å². The predicted molar refractivity (Wildman–Crippen MR) is 85.4 cm³/mol. The predicted octanol–water partition coefficient (Wildman–Crippen LogP) is 3.47. The van der Waals surface area contributed by atoms with Crippen LogP contribution < -0.4 is 4.74 Å². The largest absolute Gasteiger partial charge is 0.481 e. The lowest BCUT2D eigenvalue weighted by Gasteiger charge is -2.08. The first-order chi connectivity index (χ1) is 10.8.